The van der Waals surface area contributed by atoms with E-state index in [4.69, 9.17) is 10.5 Å². The van der Waals surface area contributed by atoms with E-state index in [1.54, 1.807) is 13.2 Å². The Hall–Kier alpha value is -3.57. The molecule has 37 heavy (non-hydrogen) atoms. The molecule has 0 saturated carbocycles. The summed E-state index contributed by atoms with van der Waals surface area (Å²) < 4.78 is 5.93. The monoisotopic (exact) mass is 562 g/mol. The molecule has 1 amide bonds. The molecule has 0 fully saturated rings. The number of ether oxygens (including phenoxy) is 1. The predicted octanol–water partition coefficient (Wildman–Crippen LogP) is 5.69. The lowest BCUT2D eigenvalue weighted by molar-refractivity contribution is -0.117. The van der Waals surface area contributed by atoms with Gasteiger partial charge in [-0.05, 0) is 77.0 Å². The number of Topliss-reactive ketones (excluding diaryl/α,β-unsaturated/α-hetero) is 1. The summed E-state index contributed by atoms with van der Waals surface area (Å²) in [5.74, 6) is -0.0797. The fourth-order valence-corrected chi connectivity index (χ4v) is 5.97. The number of rotatable bonds is 8. The number of halogens is 1. The maximum Gasteiger partial charge on any atom is 0.250 e. The van der Waals surface area contributed by atoms with Crippen molar-refractivity contribution in [3.05, 3.63) is 80.1 Å². The van der Waals surface area contributed by atoms with Crippen LogP contribution in [0.1, 0.15) is 66.9 Å². The summed E-state index contributed by atoms with van der Waals surface area (Å²) in [6.07, 6.45) is 3.23. The van der Waals surface area contributed by atoms with Crippen LogP contribution in [0.25, 0.3) is 0 Å². The first-order valence-electron chi connectivity index (χ1n) is 12.4. The van der Waals surface area contributed by atoms with E-state index in [0.717, 1.165) is 42.0 Å². The molecule has 4 N–H and O–H groups in total. The quantitative estimate of drug-likeness (QED) is 0.380. The molecule has 2 aromatic carbocycles. The molecule has 2 aromatic rings. The van der Waals surface area contributed by atoms with E-state index >= 15 is 0 Å². The van der Waals surface area contributed by atoms with E-state index in [9.17, 15) is 14.9 Å². The summed E-state index contributed by atoms with van der Waals surface area (Å²) in [7, 11) is 1.61. The Morgan fingerprint density at radius 3 is 2.76 bits per heavy atom. The lowest BCUT2D eigenvalue weighted by Gasteiger charge is -2.35. The highest BCUT2D eigenvalue weighted by Gasteiger charge is 2.39. The standard InChI is InChI=1S/C29H31BrN4O3/c1-4-6-17-10-24-27(25(35)11-17)26(22(14-31)16(2)34-24)19-12-21(29(32)36)28(23(30)13-19)33-15-18-7-5-8-20(9-18)37-3/h5,7-9,12-13,17,26,33-34H,4,6,10-11,15H2,1-3H3,(H2,32,36). The van der Waals surface area contributed by atoms with Crippen molar-refractivity contribution in [2.45, 2.75) is 52.0 Å². The topological polar surface area (TPSA) is 117 Å². The molecular formula is C29H31BrN4O3. The summed E-state index contributed by atoms with van der Waals surface area (Å²) in [6.45, 7) is 4.42. The molecule has 1 heterocycles. The average molecular weight is 563 g/mol. The summed E-state index contributed by atoms with van der Waals surface area (Å²) >= 11 is 3.61. The van der Waals surface area contributed by atoms with Gasteiger partial charge in [0.1, 0.15) is 5.75 Å². The highest BCUT2D eigenvalue weighted by molar-refractivity contribution is 9.10. The number of hydrogen-bond donors (Lipinski definition) is 3. The Labute approximate surface area is 225 Å². The van der Waals surface area contributed by atoms with Gasteiger partial charge in [-0.25, -0.2) is 0 Å². The molecule has 0 saturated heterocycles. The Balaban J connectivity index is 1.75. The van der Waals surface area contributed by atoms with Gasteiger partial charge < -0.3 is 21.1 Å². The summed E-state index contributed by atoms with van der Waals surface area (Å²) in [5, 5.41) is 16.7. The third kappa shape index (κ3) is 5.42. The molecule has 8 heteroatoms. The number of amides is 1. The summed E-state index contributed by atoms with van der Waals surface area (Å²) in [6, 6.07) is 13.5. The number of hydrogen-bond acceptors (Lipinski definition) is 6. The van der Waals surface area contributed by atoms with E-state index in [2.05, 4.69) is 39.6 Å². The van der Waals surface area contributed by atoms with Gasteiger partial charge in [0, 0.05) is 34.4 Å². The number of allylic oxidation sites excluding steroid dienone is 4. The molecular weight excluding hydrogens is 532 g/mol. The summed E-state index contributed by atoms with van der Waals surface area (Å²) in [4.78, 5) is 26.0. The highest BCUT2D eigenvalue weighted by Crippen LogP contribution is 2.45. The van der Waals surface area contributed by atoms with Crippen molar-refractivity contribution in [3.8, 4) is 11.8 Å². The molecule has 2 atom stereocenters. The zero-order valence-corrected chi connectivity index (χ0v) is 22.9. The molecule has 192 valence electrons. The van der Waals surface area contributed by atoms with Crippen molar-refractivity contribution in [2.75, 3.05) is 12.4 Å². The molecule has 2 aliphatic rings. The van der Waals surface area contributed by atoms with Crippen molar-refractivity contribution in [3.63, 3.8) is 0 Å². The molecule has 0 aromatic heterocycles. The first kappa shape index (κ1) is 26.5. The number of dihydropyridines is 1. The second kappa shape index (κ2) is 11.2. The van der Waals surface area contributed by atoms with Crippen molar-refractivity contribution < 1.29 is 14.3 Å². The van der Waals surface area contributed by atoms with E-state index in [1.807, 2.05) is 37.3 Å². The maximum absolute atomic E-state index is 13.4. The molecule has 1 aliphatic carbocycles. The third-order valence-electron chi connectivity index (χ3n) is 7.04. The minimum absolute atomic E-state index is 0.0504. The molecule has 1 aliphatic heterocycles. The van der Waals surface area contributed by atoms with Crippen LogP contribution in [0.2, 0.25) is 0 Å². The lowest BCUT2D eigenvalue weighted by atomic mass is 9.72. The normalized spacial score (nSPS) is 19.2. The zero-order chi connectivity index (χ0) is 26.7. The van der Waals surface area contributed by atoms with Crippen LogP contribution >= 0.6 is 15.9 Å². The molecule has 7 nitrogen and oxygen atoms in total. The average Bonchev–Trinajstić information content (AvgIpc) is 2.87. The lowest BCUT2D eigenvalue weighted by Crippen LogP contribution is -2.34. The first-order chi connectivity index (χ1) is 17.8. The van der Waals surface area contributed by atoms with Crippen LogP contribution in [0, 0.1) is 17.2 Å². The Morgan fingerprint density at radius 2 is 2.08 bits per heavy atom. The molecule has 0 radical (unpaired) electrons. The fraction of sp³-hybridized carbons (Fsp3) is 0.345. The number of carbonyl (C=O) groups excluding carboxylic acids is 2. The first-order valence-corrected chi connectivity index (χ1v) is 13.2. The van der Waals surface area contributed by atoms with E-state index < -0.39 is 11.8 Å². The van der Waals surface area contributed by atoms with E-state index in [0.29, 0.717) is 39.8 Å². The number of nitrogens with one attached hydrogen (secondary N) is 2. The highest BCUT2D eigenvalue weighted by atomic mass is 79.9. The number of methoxy groups -OCH3 is 1. The van der Waals surface area contributed by atoms with Gasteiger partial charge in [0.25, 0.3) is 5.91 Å². The molecule has 0 spiro atoms. The Morgan fingerprint density at radius 1 is 1.30 bits per heavy atom. The maximum atomic E-state index is 13.4. The number of nitriles is 1. The van der Waals surface area contributed by atoms with Crippen molar-refractivity contribution >= 4 is 33.3 Å². The van der Waals surface area contributed by atoms with Gasteiger partial charge >= 0.3 is 0 Å². The number of ketones is 1. The number of nitrogens with zero attached hydrogens (tertiary/aromatic N) is 1. The van der Waals surface area contributed by atoms with E-state index in [-0.39, 0.29) is 17.3 Å². The van der Waals surface area contributed by atoms with Crippen molar-refractivity contribution in [1.29, 1.82) is 5.26 Å². The molecule has 4 rings (SSSR count). The van der Waals surface area contributed by atoms with Crippen LogP contribution in [0.4, 0.5) is 5.69 Å². The van der Waals surface area contributed by atoms with Crippen LogP contribution < -0.4 is 21.1 Å². The number of primary amides is 1. The van der Waals surface area contributed by atoms with Crippen LogP contribution in [0.15, 0.2) is 63.4 Å². The Kier molecular flexibility index (Phi) is 8.03. The largest absolute Gasteiger partial charge is 0.497 e. The van der Waals surface area contributed by atoms with Crippen molar-refractivity contribution in [2.24, 2.45) is 11.7 Å². The van der Waals surface area contributed by atoms with Crippen LogP contribution in [0.3, 0.4) is 0 Å². The minimum atomic E-state index is -0.601. The molecule has 2 unspecified atom stereocenters. The number of benzene rings is 2. The van der Waals surface area contributed by atoms with Gasteiger partial charge in [-0.2, -0.15) is 5.26 Å². The van der Waals surface area contributed by atoms with E-state index in [1.165, 1.54) is 0 Å². The molecule has 0 bridgehead atoms. The van der Waals surface area contributed by atoms with Gasteiger partial charge in [-0.15, -0.1) is 0 Å². The van der Waals surface area contributed by atoms with Crippen LogP contribution in [0.5, 0.6) is 5.75 Å². The fourth-order valence-electron chi connectivity index (χ4n) is 5.35. The Bertz CT molecular complexity index is 1360. The summed E-state index contributed by atoms with van der Waals surface area (Å²) in [5.41, 5.74) is 11.0. The van der Waals surface area contributed by atoms with Gasteiger partial charge in [0.15, 0.2) is 5.78 Å². The number of anilines is 1. The van der Waals surface area contributed by atoms with Gasteiger partial charge in [0.2, 0.25) is 0 Å². The SMILES string of the molecule is CCCC1CC(=O)C2=C(C1)NC(C)=C(C#N)C2c1cc(Br)c(NCc2cccc(OC)c2)c(C(N)=O)c1. The number of nitrogens with two attached hydrogens (primary N) is 1. The predicted molar refractivity (Wildman–Crippen MR) is 147 cm³/mol. The third-order valence-corrected chi connectivity index (χ3v) is 7.67. The smallest absolute Gasteiger partial charge is 0.250 e. The van der Waals surface area contributed by atoms with Crippen molar-refractivity contribution in [1.82, 2.24) is 5.32 Å². The van der Waals surface area contributed by atoms with Crippen LogP contribution in [-0.4, -0.2) is 18.8 Å². The van der Waals surface area contributed by atoms with Gasteiger partial charge in [0.05, 0.1) is 35.9 Å². The van der Waals surface area contributed by atoms with Crippen LogP contribution in [-0.2, 0) is 11.3 Å². The van der Waals surface area contributed by atoms with Gasteiger partial charge in [-0.1, -0.05) is 25.5 Å². The minimum Gasteiger partial charge on any atom is -0.497 e. The number of carbonyl (C=O) groups is 2. The zero-order valence-electron chi connectivity index (χ0n) is 21.3. The second-order valence-corrected chi connectivity index (χ2v) is 10.4. The van der Waals surface area contributed by atoms with Gasteiger partial charge in [-0.3, -0.25) is 9.59 Å². The second-order valence-electron chi connectivity index (χ2n) is 9.58.